The van der Waals surface area contributed by atoms with E-state index in [1.54, 1.807) is 32.0 Å². The molecule has 0 saturated heterocycles. The second-order valence-corrected chi connectivity index (χ2v) is 7.13. The first-order chi connectivity index (χ1) is 14.4. The molecule has 154 valence electrons. The third-order valence-corrected chi connectivity index (χ3v) is 4.67. The normalized spacial score (nSPS) is 12.3. The molecular weight excluding hydrogens is 385 g/mol. The summed E-state index contributed by atoms with van der Waals surface area (Å²) in [4.78, 5) is 24.9. The molecule has 3 aromatic carbocycles. The standard InChI is InChI=1S/C23H22FN3O3/c1-14(2)21(26-22(29)17-9-5-6-10-19(17)24)23(30)27-25-13-18-16-8-4-3-7-15(16)11-12-20(18)28/h3-14,21,28H,1-2H3,(H,26,29)(H,27,30)/b25-13+. The Hall–Kier alpha value is -3.74. The van der Waals surface area contributed by atoms with E-state index in [9.17, 15) is 19.1 Å². The number of halogens is 1. The predicted octanol–water partition coefficient (Wildman–Crippen LogP) is 3.59. The average Bonchev–Trinajstić information content (AvgIpc) is 2.73. The van der Waals surface area contributed by atoms with Gasteiger partial charge in [0.15, 0.2) is 0 Å². The lowest BCUT2D eigenvalue weighted by atomic mass is 10.0. The SMILES string of the molecule is CC(C)C(NC(=O)c1ccccc1F)C(=O)N/N=C/c1c(O)ccc2ccccc12. The van der Waals surface area contributed by atoms with E-state index in [1.165, 1.54) is 24.4 Å². The van der Waals surface area contributed by atoms with Crippen molar-refractivity contribution in [2.24, 2.45) is 11.0 Å². The minimum absolute atomic E-state index is 0.0277. The molecule has 30 heavy (non-hydrogen) atoms. The van der Waals surface area contributed by atoms with Crippen LogP contribution in [0.4, 0.5) is 4.39 Å². The predicted molar refractivity (Wildman–Crippen MR) is 114 cm³/mol. The van der Waals surface area contributed by atoms with Crippen molar-refractivity contribution in [3.63, 3.8) is 0 Å². The van der Waals surface area contributed by atoms with Crippen molar-refractivity contribution in [3.8, 4) is 5.75 Å². The number of hydrogen-bond donors (Lipinski definition) is 3. The van der Waals surface area contributed by atoms with Gasteiger partial charge < -0.3 is 10.4 Å². The van der Waals surface area contributed by atoms with Crippen LogP contribution in [0.15, 0.2) is 65.8 Å². The molecule has 0 aliphatic rings. The monoisotopic (exact) mass is 407 g/mol. The molecule has 0 fully saturated rings. The van der Waals surface area contributed by atoms with Gasteiger partial charge in [0.05, 0.1) is 11.8 Å². The maximum Gasteiger partial charge on any atom is 0.262 e. The van der Waals surface area contributed by atoms with Gasteiger partial charge in [-0.15, -0.1) is 0 Å². The number of phenols is 1. The first-order valence-corrected chi connectivity index (χ1v) is 9.47. The van der Waals surface area contributed by atoms with Gasteiger partial charge >= 0.3 is 0 Å². The molecule has 0 aromatic heterocycles. The molecule has 7 heteroatoms. The fraction of sp³-hybridized carbons (Fsp3) is 0.174. The molecule has 1 unspecified atom stereocenters. The Balaban J connectivity index is 1.74. The third kappa shape index (κ3) is 4.63. The molecule has 3 N–H and O–H groups in total. The molecule has 0 bridgehead atoms. The molecule has 0 radical (unpaired) electrons. The largest absolute Gasteiger partial charge is 0.507 e. The van der Waals surface area contributed by atoms with Crippen molar-refractivity contribution in [2.45, 2.75) is 19.9 Å². The first kappa shape index (κ1) is 21.0. The van der Waals surface area contributed by atoms with Crippen molar-refractivity contribution in [2.75, 3.05) is 0 Å². The van der Waals surface area contributed by atoms with Crippen LogP contribution in [0.25, 0.3) is 10.8 Å². The highest BCUT2D eigenvalue weighted by Gasteiger charge is 2.25. The summed E-state index contributed by atoms with van der Waals surface area (Å²) in [5, 5.41) is 18.3. The maximum atomic E-state index is 13.8. The average molecular weight is 407 g/mol. The molecule has 3 rings (SSSR count). The number of carbonyl (C=O) groups excluding carboxylic acids is 2. The van der Waals surface area contributed by atoms with E-state index in [0.717, 1.165) is 10.8 Å². The Morgan fingerprint density at radius 3 is 2.47 bits per heavy atom. The van der Waals surface area contributed by atoms with Crippen LogP contribution in [0.1, 0.15) is 29.8 Å². The van der Waals surface area contributed by atoms with Gasteiger partial charge in [-0.3, -0.25) is 9.59 Å². The highest BCUT2D eigenvalue weighted by molar-refractivity contribution is 6.03. The van der Waals surface area contributed by atoms with Crippen LogP contribution in [0.2, 0.25) is 0 Å². The second kappa shape index (κ2) is 9.17. The highest BCUT2D eigenvalue weighted by Crippen LogP contribution is 2.25. The summed E-state index contributed by atoms with van der Waals surface area (Å²) in [7, 11) is 0. The Bertz CT molecular complexity index is 1110. The van der Waals surface area contributed by atoms with E-state index in [1.807, 2.05) is 24.3 Å². The Morgan fingerprint density at radius 2 is 1.73 bits per heavy atom. The summed E-state index contributed by atoms with van der Waals surface area (Å²) >= 11 is 0. The van der Waals surface area contributed by atoms with E-state index < -0.39 is 23.7 Å². The number of fused-ring (bicyclic) bond motifs is 1. The van der Waals surface area contributed by atoms with Crippen LogP contribution < -0.4 is 10.7 Å². The Kier molecular flexibility index (Phi) is 6.41. The molecule has 2 amide bonds. The number of rotatable bonds is 6. The van der Waals surface area contributed by atoms with Gasteiger partial charge in [-0.25, -0.2) is 9.82 Å². The number of hydrazone groups is 1. The molecule has 0 heterocycles. The number of nitrogens with zero attached hydrogens (tertiary/aromatic N) is 1. The number of aromatic hydroxyl groups is 1. The summed E-state index contributed by atoms with van der Waals surface area (Å²) < 4.78 is 13.8. The zero-order chi connectivity index (χ0) is 21.7. The number of phenolic OH excluding ortho intramolecular Hbond substituents is 1. The summed E-state index contributed by atoms with van der Waals surface area (Å²) in [6.45, 7) is 3.51. The van der Waals surface area contributed by atoms with Crippen LogP contribution >= 0.6 is 0 Å². The van der Waals surface area contributed by atoms with Gasteiger partial charge in [0, 0.05) is 5.56 Å². The summed E-state index contributed by atoms with van der Waals surface area (Å²) in [6, 6.07) is 15.4. The molecule has 0 saturated carbocycles. The molecule has 6 nitrogen and oxygen atoms in total. The van der Waals surface area contributed by atoms with E-state index in [4.69, 9.17) is 0 Å². The minimum atomic E-state index is -0.921. The number of carbonyl (C=O) groups is 2. The van der Waals surface area contributed by atoms with E-state index in [2.05, 4.69) is 15.8 Å². The molecular formula is C23H22FN3O3. The van der Waals surface area contributed by atoms with Gasteiger partial charge in [-0.05, 0) is 34.9 Å². The van der Waals surface area contributed by atoms with Gasteiger partial charge in [0.1, 0.15) is 17.6 Å². The topological polar surface area (TPSA) is 90.8 Å². The molecule has 0 aliphatic heterocycles. The van der Waals surface area contributed by atoms with Gasteiger partial charge in [-0.1, -0.05) is 56.3 Å². The lowest BCUT2D eigenvalue weighted by molar-refractivity contribution is -0.123. The van der Waals surface area contributed by atoms with Gasteiger partial charge in [-0.2, -0.15) is 5.10 Å². The van der Waals surface area contributed by atoms with E-state index >= 15 is 0 Å². The van der Waals surface area contributed by atoms with Crippen molar-refractivity contribution in [3.05, 3.63) is 77.6 Å². The van der Waals surface area contributed by atoms with Crippen molar-refractivity contribution < 1.29 is 19.1 Å². The number of hydrogen-bond acceptors (Lipinski definition) is 4. The number of amides is 2. The van der Waals surface area contributed by atoms with Gasteiger partial charge in [0.2, 0.25) is 0 Å². The molecule has 0 spiro atoms. The summed E-state index contributed by atoms with van der Waals surface area (Å²) in [5.41, 5.74) is 2.71. The zero-order valence-electron chi connectivity index (χ0n) is 16.6. The number of nitrogens with one attached hydrogen (secondary N) is 2. The van der Waals surface area contributed by atoms with Crippen LogP contribution in [0.3, 0.4) is 0 Å². The van der Waals surface area contributed by atoms with Crippen LogP contribution in [0, 0.1) is 11.7 Å². The lowest BCUT2D eigenvalue weighted by Crippen LogP contribution is -2.48. The lowest BCUT2D eigenvalue weighted by Gasteiger charge is -2.20. The smallest absolute Gasteiger partial charge is 0.262 e. The Labute approximate surface area is 173 Å². The molecule has 0 aliphatic carbocycles. The van der Waals surface area contributed by atoms with Crippen LogP contribution in [0.5, 0.6) is 5.75 Å². The maximum absolute atomic E-state index is 13.8. The Morgan fingerprint density at radius 1 is 1.03 bits per heavy atom. The van der Waals surface area contributed by atoms with Crippen molar-refractivity contribution >= 4 is 28.8 Å². The molecule has 1 atom stereocenters. The fourth-order valence-electron chi connectivity index (χ4n) is 3.05. The van der Waals surface area contributed by atoms with Crippen LogP contribution in [-0.4, -0.2) is 29.2 Å². The highest BCUT2D eigenvalue weighted by atomic mass is 19.1. The van der Waals surface area contributed by atoms with Crippen molar-refractivity contribution in [1.29, 1.82) is 0 Å². The quantitative estimate of drug-likeness (QED) is 0.431. The first-order valence-electron chi connectivity index (χ1n) is 9.47. The van der Waals surface area contributed by atoms with E-state index in [0.29, 0.717) is 5.56 Å². The minimum Gasteiger partial charge on any atom is -0.507 e. The van der Waals surface area contributed by atoms with Crippen molar-refractivity contribution in [1.82, 2.24) is 10.7 Å². The number of benzene rings is 3. The zero-order valence-corrected chi connectivity index (χ0v) is 16.6. The fourth-order valence-corrected chi connectivity index (χ4v) is 3.05. The third-order valence-electron chi connectivity index (χ3n) is 4.67. The van der Waals surface area contributed by atoms with Gasteiger partial charge in [0.25, 0.3) is 11.8 Å². The second-order valence-electron chi connectivity index (χ2n) is 7.13. The summed E-state index contributed by atoms with van der Waals surface area (Å²) in [6.07, 6.45) is 1.35. The van der Waals surface area contributed by atoms with Crippen LogP contribution in [-0.2, 0) is 4.79 Å². The van der Waals surface area contributed by atoms with E-state index in [-0.39, 0.29) is 17.2 Å². The summed E-state index contributed by atoms with van der Waals surface area (Å²) in [5.74, 6) is -2.13. The molecule has 3 aromatic rings.